The summed E-state index contributed by atoms with van der Waals surface area (Å²) in [7, 11) is 0. The van der Waals surface area contributed by atoms with Gasteiger partial charge < -0.3 is 4.74 Å². The van der Waals surface area contributed by atoms with E-state index in [0.29, 0.717) is 11.8 Å². The molecule has 15 heavy (non-hydrogen) atoms. The predicted molar refractivity (Wildman–Crippen MR) is 59.2 cm³/mol. The summed E-state index contributed by atoms with van der Waals surface area (Å²) in [6.45, 7) is 5.96. The van der Waals surface area contributed by atoms with Crippen molar-refractivity contribution in [3.63, 3.8) is 0 Å². The average molecular weight is 230 g/mol. The molecule has 1 aromatic heterocycles. The van der Waals surface area contributed by atoms with Crippen molar-refractivity contribution in [2.45, 2.75) is 46.1 Å². The molecule has 0 aliphatic heterocycles. The largest absolute Gasteiger partial charge is 0.461 e. The maximum Gasteiger partial charge on any atom is 0.321 e. The zero-order chi connectivity index (χ0) is 11.3. The second-order valence-electron chi connectivity index (χ2n) is 3.57. The normalized spacial score (nSPS) is 10.7. The fourth-order valence-corrected chi connectivity index (χ4v) is 1.25. The molecule has 0 atom stereocenters. The van der Waals surface area contributed by atoms with E-state index in [9.17, 15) is 0 Å². The van der Waals surface area contributed by atoms with Crippen molar-refractivity contribution in [2.75, 3.05) is 0 Å². The Balaban J connectivity index is 2.75. The lowest BCUT2D eigenvalue weighted by atomic mass is 10.2. The van der Waals surface area contributed by atoms with Gasteiger partial charge in [0.15, 0.2) is 0 Å². The van der Waals surface area contributed by atoms with Crippen LogP contribution in [0.3, 0.4) is 0 Å². The van der Waals surface area contributed by atoms with Crippen LogP contribution in [0.25, 0.3) is 0 Å². The summed E-state index contributed by atoms with van der Waals surface area (Å²) in [5, 5.41) is 0.201. The Morgan fingerprint density at radius 2 is 2.00 bits per heavy atom. The molecule has 0 aromatic carbocycles. The van der Waals surface area contributed by atoms with Crippen molar-refractivity contribution in [1.82, 2.24) is 15.0 Å². The summed E-state index contributed by atoms with van der Waals surface area (Å²) in [5.41, 5.74) is 0. The number of nitrogens with zero attached hydrogens (tertiary/aromatic N) is 3. The molecule has 1 heterocycles. The van der Waals surface area contributed by atoms with Gasteiger partial charge >= 0.3 is 6.01 Å². The minimum absolute atomic E-state index is 0.0440. The third kappa shape index (κ3) is 4.42. The van der Waals surface area contributed by atoms with Crippen molar-refractivity contribution < 1.29 is 4.74 Å². The second kappa shape index (κ2) is 5.85. The first-order valence-corrected chi connectivity index (χ1v) is 5.56. The molecule has 0 bridgehead atoms. The summed E-state index contributed by atoms with van der Waals surface area (Å²) in [4.78, 5) is 12.1. The van der Waals surface area contributed by atoms with Gasteiger partial charge in [-0.25, -0.2) is 4.98 Å². The van der Waals surface area contributed by atoms with E-state index in [-0.39, 0.29) is 11.4 Å². The maximum atomic E-state index is 5.77. The lowest BCUT2D eigenvalue weighted by Crippen LogP contribution is -2.10. The molecule has 0 fully saturated rings. The Morgan fingerprint density at radius 3 is 2.60 bits per heavy atom. The van der Waals surface area contributed by atoms with E-state index in [0.717, 1.165) is 19.3 Å². The highest BCUT2D eigenvalue weighted by Crippen LogP contribution is 2.11. The highest BCUT2D eigenvalue weighted by Gasteiger charge is 2.07. The van der Waals surface area contributed by atoms with Gasteiger partial charge in [0.1, 0.15) is 5.82 Å². The first-order chi connectivity index (χ1) is 7.11. The van der Waals surface area contributed by atoms with Crippen LogP contribution in [0.4, 0.5) is 0 Å². The minimum atomic E-state index is 0.0440. The lowest BCUT2D eigenvalue weighted by molar-refractivity contribution is 0.220. The van der Waals surface area contributed by atoms with Gasteiger partial charge in [-0.2, -0.15) is 9.97 Å². The van der Waals surface area contributed by atoms with E-state index in [1.165, 1.54) is 0 Å². The standard InChI is InChI=1S/C10H16ClN3O/c1-4-5-6-8-12-9(11)14-10(13-8)15-7(2)3/h7H,4-6H2,1-3H3. The molecule has 1 aromatic rings. The molecule has 0 saturated carbocycles. The van der Waals surface area contributed by atoms with Crippen LogP contribution in [-0.2, 0) is 6.42 Å². The van der Waals surface area contributed by atoms with Crippen molar-refractivity contribution in [3.8, 4) is 6.01 Å². The molecular formula is C10H16ClN3O. The Morgan fingerprint density at radius 1 is 1.27 bits per heavy atom. The monoisotopic (exact) mass is 229 g/mol. The average Bonchev–Trinajstić information content (AvgIpc) is 2.12. The van der Waals surface area contributed by atoms with Crippen LogP contribution in [0.5, 0.6) is 6.01 Å². The maximum absolute atomic E-state index is 5.77. The number of hydrogen-bond acceptors (Lipinski definition) is 4. The second-order valence-corrected chi connectivity index (χ2v) is 3.91. The Kier molecular flexibility index (Phi) is 4.75. The summed E-state index contributed by atoms with van der Waals surface area (Å²) < 4.78 is 5.37. The van der Waals surface area contributed by atoms with Gasteiger partial charge in [-0.15, -0.1) is 0 Å². The smallest absolute Gasteiger partial charge is 0.321 e. The molecule has 84 valence electrons. The number of aromatic nitrogens is 3. The predicted octanol–water partition coefficient (Wildman–Crippen LogP) is 2.65. The molecule has 4 nitrogen and oxygen atoms in total. The van der Waals surface area contributed by atoms with Crippen LogP contribution in [-0.4, -0.2) is 21.1 Å². The number of unbranched alkanes of at least 4 members (excludes halogenated alkanes) is 1. The summed E-state index contributed by atoms with van der Waals surface area (Å²) in [6, 6.07) is 0.316. The van der Waals surface area contributed by atoms with E-state index >= 15 is 0 Å². The Hall–Kier alpha value is -0.900. The third-order valence-corrected chi connectivity index (χ3v) is 1.90. The molecule has 0 radical (unpaired) electrons. The van der Waals surface area contributed by atoms with Crippen molar-refractivity contribution >= 4 is 11.6 Å². The third-order valence-electron chi connectivity index (χ3n) is 1.73. The van der Waals surface area contributed by atoms with E-state index in [4.69, 9.17) is 16.3 Å². The van der Waals surface area contributed by atoms with Gasteiger partial charge in [0.05, 0.1) is 6.10 Å². The molecule has 0 saturated heterocycles. The number of ether oxygens (including phenoxy) is 1. The van der Waals surface area contributed by atoms with Crippen LogP contribution >= 0.6 is 11.6 Å². The van der Waals surface area contributed by atoms with Crippen molar-refractivity contribution in [3.05, 3.63) is 11.1 Å². The minimum Gasteiger partial charge on any atom is -0.461 e. The molecule has 5 heteroatoms. The van der Waals surface area contributed by atoms with Gasteiger partial charge in [-0.05, 0) is 31.9 Å². The van der Waals surface area contributed by atoms with Crippen LogP contribution in [0.1, 0.15) is 39.4 Å². The van der Waals surface area contributed by atoms with Crippen molar-refractivity contribution in [2.24, 2.45) is 0 Å². The summed E-state index contributed by atoms with van der Waals surface area (Å²) in [5.74, 6) is 0.701. The number of aryl methyl sites for hydroxylation is 1. The first-order valence-electron chi connectivity index (χ1n) is 5.19. The van der Waals surface area contributed by atoms with Gasteiger partial charge in [-0.3, -0.25) is 0 Å². The molecule has 0 aliphatic rings. The van der Waals surface area contributed by atoms with E-state index in [1.54, 1.807) is 0 Å². The molecule has 0 N–H and O–H groups in total. The molecule has 0 amide bonds. The van der Waals surface area contributed by atoms with Crippen molar-refractivity contribution in [1.29, 1.82) is 0 Å². The van der Waals surface area contributed by atoms with E-state index < -0.39 is 0 Å². The zero-order valence-corrected chi connectivity index (χ0v) is 10.1. The van der Waals surface area contributed by atoms with Crippen LogP contribution in [0, 0.1) is 0 Å². The molecule has 1 rings (SSSR count). The SMILES string of the molecule is CCCCc1nc(Cl)nc(OC(C)C)n1. The highest BCUT2D eigenvalue weighted by molar-refractivity contribution is 6.28. The molecule has 0 aliphatic carbocycles. The van der Waals surface area contributed by atoms with Gasteiger partial charge in [0, 0.05) is 6.42 Å². The first kappa shape index (κ1) is 12.2. The van der Waals surface area contributed by atoms with Gasteiger partial charge in [0.25, 0.3) is 0 Å². The summed E-state index contributed by atoms with van der Waals surface area (Å²) >= 11 is 5.77. The van der Waals surface area contributed by atoms with Gasteiger partial charge in [0.2, 0.25) is 5.28 Å². The number of halogens is 1. The van der Waals surface area contributed by atoms with Crippen LogP contribution in [0.15, 0.2) is 0 Å². The quantitative estimate of drug-likeness (QED) is 0.779. The molecular weight excluding hydrogens is 214 g/mol. The van der Waals surface area contributed by atoms with E-state index in [1.807, 2.05) is 13.8 Å². The fourth-order valence-electron chi connectivity index (χ4n) is 1.08. The number of rotatable bonds is 5. The Bertz CT molecular complexity index is 318. The zero-order valence-electron chi connectivity index (χ0n) is 9.33. The molecule has 0 spiro atoms. The number of hydrogen-bond donors (Lipinski definition) is 0. The topological polar surface area (TPSA) is 47.9 Å². The summed E-state index contributed by atoms with van der Waals surface area (Å²) in [6.07, 6.45) is 3.00. The Labute approximate surface area is 95.1 Å². The fraction of sp³-hybridized carbons (Fsp3) is 0.700. The van der Waals surface area contributed by atoms with Crippen LogP contribution < -0.4 is 4.74 Å². The lowest BCUT2D eigenvalue weighted by Gasteiger charge is -2.08. The van der Waals surface area contributed by atoms with Crippen LogP contribution in [0.2, 0.25) is 5.28 Å². The highest BCUT2D eigenvalue weighted by atomic mass is 35.5. The molecule has 0 unspecified atom stereocenters. The van der Waals surface area contributed by atoms with Gasteiger partial charge in [-0.1, -0.05) is 13.3 Å². The van der Waals surface area contributed by atoms with E-state index in [2.05, 4.69) is 21.9 Å².